The maximum atomic E-state index is 11.4. The van der Waals surface area contributed by atoms with Crippen LogP contribution in [0, 0.1) is 0 Å². The standard InChI is InChI=1S/C10H19N5OS/c1-7(2)11-10(16)6-17-5-9-12-13-14-15(9)8(3)4/h7-8H,5-6H2,1-4H3,(H,11,16). The minimum absolute atomic E-state index is 0.0496. The van der Waals surface area contributed by atoms with E-state index in [1.165, 1.54) is 11.8 Å². The second-order valence-electron chi connectivity index (χ2n) is 4.35. The van der Waals surface area contributed by atoms with Crippen LogP contribution in [0.25, 0.3) is 0 Å². The fourth-order valence-electron chi connectivity index (χ4n) is 1.31. The van der Waals surface area contributed by atoms with Crippen molar-refractivity contribution in [1.82, 2.24) is 25.5 Å². The molecule has 0 aliphatic heterocycles. The lowest BCUT2D eigenvalue weighted by Gasteiger charge is -2.09. The first-order valence-corrected chi connectivity index (χ1v) is 6.80. The van der Waals surface area contributed by atoms with Gasteiger partial charge < -0.3 is 5.32 Å². The Labute approximate surface area is 106 Å². The molecule has 1 aromatic rings. The van der Waals surface area contributed by atoms with E-state index in [1.807, 2.05) is 27.7 Å². The van der Waals surface area contributed by atoms with Crippen LogP contribution in [-0.2, 0) is 10.5 Å². The van der Waals surface area contributed by atoms with Gasteiger partial charge in [0.15, 0.2) is 5.82 Å². The van der Waals surface area contributed by atoms with Gasteiger partial charge in [-0.15, -0.1) is 16.9 Å². The number of hydrogen-bond donors (Lipinski definition) is 1. The summed E-state index contributed by atoms with van der Waals surface area (Å²) in [5, 5.41) is 14.3. The molecule has 0 aliphatic carbocycles. The molecule has 0 fully saturated rings. The van der Waals surface area contributed by atoms with Gasteiger partial charge in [0.2, 0.25) is 5.91 Å². The highest BCUT2D eigenvalue weighted by molar-refractivity contribution is 7.99. The highest BCUT2D eigenvalue weighted by Gasteiger charge is 2.10. The second kappa shape index (κ2) is 6.58. The minimum atomic E-state index is 0.0496. The summed E-state index contributed by atoms with van der Waals surface area (Å²) in [5.74, 6) is 1.94. The Morgan fingerprint density at radius 1 is 1.41 bits per heavy atom. The molecule has 1 amide bonds. The van der Waals surface area contributed by atoms with Crippen molar-refractivity contribution >= 4 is 17.7 Å². The van der Waals surface area contributed by atoms with E-state index in [-0.39, 0.29) is 18.0 Å². The van der Waals surface area contributed by atoms with Crippen molar-refractivity contribution in [3.05, 3.63) is 5.82 Å². The monoisotopic (exact) mass is 257 g/mol. The molecular formula is C10H19N5OS. The van der Waals surface area contributed by atoms with Gasteiger partial charge in [-0.1, -0.05) is 0 Å². The Kier molecular flexibility index (Phi) is 5.40. The van der Waals surface area contributed by atoms with Gasteiger partial charge in [-0.2, -0.15) is 0 Å². The Morgan fingerprint density at radius 2 is 2.12 bits per heavy atom. The van der Waals surface area contributed by atoms with Crippen LogP contribution in [-0.4, -0.2) is 37.9 Å². The van der Waals surface area contributed by atoms with Gasteiger partial charge in [0.05, 0.1) is 17.5 Å². The summed E-state index contributed by atoms with van der Waals surface area (Å²) in [6, 6.07) is 0.425. The molecule has 0 saturated carbocycles. The zero-order valence-electron chi connectivity index (χ0n) is 10.7. The zero-order valence-corrected chi connectivity index (χ0v) is 11.5. The quantitative estimate of drug-likeness (QED) is 0.823. The lowest BCUT2D eigenvalue weighted by Crippen LogP contribution is -2.31. The number of thioether (sulfide) groups is 1. The van der Waals surface area contributed by atoms with E-state index in [0.29, 0.717) is 11.5 Å². The summed E-state index contributed by atoms with van der Waals surface area (Å²) in [7, 11) is 0. The highest BCUT2D eigenvalue weighted by Crippen LogP contribution is 2.12. The normalized spacial score (nSPS) is 11.2. The molecule has 96 valence electrons. The number of carbonyl (C=O) groups excluding carboxylic acids is 1. The summed E-state index contributed by atoms with van der Waals surface area (Å²) < 4.78 is 1.77. The lowest BCUT2D eigenvalue weighted by molar-refractivity contribution is -0.119. The van der Waals surface area contributed by atoms with Crippen LogP contribution in [0.4, 0.5) is 0 Å². The number of nitrogens with zero attached hydrogens (tertiary/aromatic N) is 4. The lowest BCUT2D eigenvalue weighted by atomic mass is 10.4. The Hall–Kier alpha value is -1.11. The second-order valence-corrected chi connectivity index (χ2v) is 5.33. The number of aromatic nitrogens is 4. The van der Waals surface area contributed by atoms with Crippen molar-refractivity contribution in [1.29, 1.82) is 0 Å². The van der Waals surface area contributed by atoms with E-state index in [1.54, 1.807) is 4.68 Å². The van der Waals surface area contributed by atoms with Crippen molar-refractivity contribution in [2.45, 2.75) is 45.5 Å². The van der Waals surface area contributed by atoms with Crippen LogP contribution in [0.3, 0.4) is 0 Å². The Balaban J connectivity index is 2.36. The van der Waals surface area contributed by atoms with Crippen LogP contribution in [0.5, 0.6) is 0 Å². The largest absolute Gasteiger partial charge is 0.353 e. The molecule has 6 nitrogen and oxygen atoms in total. The third-order valence-electron chi connectivity index (χ3n) is 1.96. The number of nitrogens with one attached hydrogen (secondary N) is 1. The van der Waals surface area contributed by atoms with Crippen molar-refractivity contribution in [2.75, 3.05) is 5.75 Å². The Bertz CT molecular complexity index is 363. The maximum absolute atomic E-state index is 11.4. The van der Waals surface area contributed by atoms with E-state index in [0.717, 1.165) is 5.82 Å². The highest BCUT2D eigenvalue weighted by atomic mass is 32.2. The van der Waals surface area contributed by atoms with Gasteiger partial charge in [-0.3, -0.25) is 4.79 Å². The van der Waals surface area contributed by atoms with Gasteiger partial charge in [0.1, 0.15) is 0 Å². The number of amides is 1. The first-order valence-electron chi connectivity index (χ1n) is 5.64. The van der Waals surface area contributed by atoms with Crippen molar-refractivity contribution in [3.63, 3.8) is 0 Å². The molecule has 7 heteroatoms. The molecule has 0 aromatic carbocycles. The molecular weight excluding hydrogens is 238 g/mol. The fraction of sp³-hybridized carbons (Fsp3) is 0.800. The Morgan fingerprint density at radius 3 is 2.71 bits per heavy atom. The molecule has 0 spiro atoms. The summed E-state index contributed by atoms with van der Waals surface area (Å²) in [5.41, 5.74) is 0. The fourth-order valence-corrected chi connectivity index (χ4v) is 2.05. The van der Waals surface area contributed by atoms with Gasteiger partial charge in [0, 0.05) is 6.04 Å². The van der Waals surface area contributed by atoms with Gasteiger partial charge in [-0.25, -0.2) is 4.68 Å². The number of hydrogen-bond acceptors (Lipinski definition) is 5. The van der Waals surface area contributed by atoms with Gasteiger partial charge in [0.25, 0.3) is 0 Å². The topological polar surface area (TPSA) is 72.7 Å². The molecule has 0 bridgehead atoms. The van der Waals surface area contributed by atoms with Crippen LogP contribution in [0.1, 0.15) is 39.6 Å². The molecule has 17 heavy (non-hydrogen) atoms. The van der Waals surface area contributed by atoms with Gasteiger partial charge >= 0.3 is 0 Å². The smallest absolute Gasteiger partial charge is 0.230 e. The maximum Gasteiger partial charge on any atom is 0.230 e. The molecule has 0 unspecified atom stereocenters. The van der Waals surface area contributed by atoms with Crippen LogP contribution in [0.2, 0.25) is 0 Å². The zero-order chi connectivity index (χ0) is 12.8. The predicted octanol–water partition coefficient (Wildman–Crippen LogP) is 1.01. The van der Waals surface area contributed by atoms with Crippen molar-refractivity contribution in [2.24, 2.45) is 0 Å². The number of tetrazole rings is 1. The molecule has 0 aliphatic rings. The van der Waals surface area contributed by atoms with E-state index in [4.69, 9.17) is 0 Å². The van der Waals surface area contributed by atoms with Crippen molar-refractivity contribution < 1.29 is 4.79 Å². The van der Waals surface area contributed by atoms with E-state index in [2.05, 4.69) is 20.8 Å². The van der Waals surface area contributed by atoms with Gasteiger partial charge in [-0.05, 0) is 38.1 Å². The molecule has 1 rings (SSSR count). The third-order valence-corrected chi connectivity index (χ3v) is 2.89. The van der Waals surface area contributed by atoms with Crippen LogP contribution >= 0.6 is 11.8 Å². The predicted molar refractivity (Wildman–Crippen MR) is 67.6 cm³/mol. The van der Waals surface area contributed by atoms with Crippen LogP contribution < -0.4 is 5.32 Å². The average molecular weight is 257 g/mol. The average Bonchev–Trinajstić information content (AvgIpc) is 2.64. The number of carbonyl (C=O) groups is 1. The SMILES string of the molecule is CC(C)NC(=O)CSCc1nnnn1C(C)C. The summed E-state index contributed by atoms with van der Waals surface area (Å²) in [6.07, 6.45) is 0. The summed E-state index contributed by atoms with van der Waals surface area (Å²) in [4.78, 5) is 11.4. The summed E-state index contributed by atoms with van der Waals surface area (Å²) >= 11 is 1.52. The third kappa shape index (κ3) is 4.72. The first kappa shape index (κ1) is 14.0. The van der Waals surface area contributed by atoms with E-state index in [9.17, 15) is 4.79 Å². The van der Waals surface area contributed by atoms with Crippen LogP contribution in [0.15, 0.2) is 0 Å². The summed E-state index contributed by atoms with van der Waals surface area (Å²) in [6.45, 7) is 7.94. The molecule has 0 saturated heterocycles. The molecule has 1 heterocycles. The molecule has 0 radical (unpaired) electrons. The number of rotatable bonds is 6. The minimum Gasteiger partial charge on any atom is -0.353 e. The van der Waals surface area contributed by atoms with E-state index < -0.39 is 0 Å². The van der Waals surface area contributed by atoms with Crippen molar-refractivity contribution in [3.8, 4) is 0 Å². The molecule has 0 atom stereocenters. The molecule has 1 aromatic heterocycles. The van der Waals surface area contributed by atoms with E-state index >= 15 is 0 Å². The first-order chi connectivity index (χ1) is 8.00. The molecule has 1 N–H and O–H groups in total.